The van der Waals surface area contributed by atoms with Gasteiger partial charge in [-0.05, 0) is 66.3 Å². The Kier molecular flexibility index (Phi) is 4.53. The van der Waals surface area contributed by atoms with Crippen LogP contribution in [0.4, 0.5) is 5.82 Å². The minimum Gasteiger partial charge on any atom is -0.372 e. The lowest BCUT2D eigenvalue weighted by Crippen LogP contribution is -2.19. The van der Waals surface area contributed by atoms with E-state index in [-0.39, 0.29) is 0 Å². The van der Waals surface area contributed by atoms with Crippen LogP contribution in [-0.2, 0) is 0 Å². The number of rotatable bonds is 4. The first-order valence-electron chi connectivity index (χ1n) is 8.35. The van der Waals surface area contributed by atoms with Gasteiger partial charge in [-0.1, -0.05) is 13.8 Å². The van der Waals surface area contributed by atoms with Crippen molar-refractivity contribution >= 4 is 21.7 Å². The largest absolute Gasteiger partial charge is 0.372 e. The van der Waals surface area contributed by atoms with E-state index in [1.165, 1.54) is 44.2 Å². The maximum absolute atomic E-state index is 4.94. The molecule has 1 N–H and O–H groups in total. The molecule has 1 aromatic rings. The second-order valence-electron chi connectivity index (χ2n) is 7.01. The van der Waals surface area contributed by atoms with Crippen LogP contribution in [0, 0.1) is 11.8 Å². The van der Waals surface area contributed by atoms with E-state index in [4.69, 9.17) is 9.97 Å². The molecule has 0 amide bonds. The van der Waals surface area contributed by atoms with Crippen LogP contribution in [0.25, 0.3) is 0 Å². The van der Waals surface area contributed by atoms with E-state index in [1.54, 1.807) is 0 Å². The van der Waals surface area contributed by atoms with Crippen molar-refractivity contribution in [2.45, 2.75) is 64.2 Å². The molecule has 2 aliphatic carbocycles. The molecule has 1 heterocycles. The number of hydrogen-bond donors (Lipinski definition) is 1. The Labute approximate surface area is 136 Å². The van der Waals surface area contributed by atoms with Crippen LogP contribution in [0.1, 0.15) is 75.7 Å². The summed E-state index contributed by atoms with van der Waals surface area (Å²) in [6, 6.07) is 0. The second kappa shape index (κ2) is 6.23. The van der Waals surface area contributed by atoms with Gasteiger partial charge in [-0.25, -0.2) is 9.97 Å². The van der Waals surface area contributed by atoms with E-state index in [0.29, 0.717) is 11.8 Å². The zero-order chi connectivity index (χ0) is 15.0. The molecule has 0 atom stereocenters. The number of nitrogens with one attached hydrogen (secondary N) is 1. The quantitative estimate of drug-likeness (QED) is 0.820. The van der Waals surface area contributed by atoms with Gasteiger partial charge in [0.2, 0.25) is 0 Å². The second-order valence-corrected chi connectivity index (χ2v) is 7.80. The van der Waals surface area contributed by atoms with Crippen LogP contribution >= 0.6 is 15.9 Å². The summed E-state index contributed by atoms with van der Waals surface area (Å²) in [7, 11) is 1.95. The Hall–Kier alpha value is -0.640. The third kappa shape index (κ3) is 3.25. The number of nitrogens with zero attached hydrogens (tertiary/aromatic N) is 2. The summed E-state index contributed by atoms with van der Waals surface area (Å²) in [5.41, 5.74) is 1.23. The summed E-state index contributed by atoms with van der Waals surface area (Å²) in [6.07, 6.45) is 7.71. The highest BCUT2D eigenvalue weighted by Crippen LogP contribution is 2.45. The van der Waals surface area contributed by atoms with Crippen molar-refractivity contribution in [3.63, 3.8) is 0 Å². The van der Waals surface area contributed by atoms with Crippen molar-refractivity contribution in [3.8, 4) is 0 Å². The summed E-state index contributed by atoms with van der Waals surface area (Å²) < 4.78 is 1.08. The predicted molar refractivity (Wildman–Crippen MR) is 90.8 cm³/mol. The van der Waals surface area contributed by atoms with E-state index in [9.17, 15) is 0 Å². The molecule has 1 aromatic heterocycles. The molecule has 3 rings (SSSR count). The minimum atomic E-state index is 0.553. The number of hydrogen-bond acceptors (Lipinski definition) is 3. The van der Waals surface area contributed by atoms with E-state index < -0.39 is 0 Å². The normalized spacial score (nSPS) is 26.1. The van der Waals surface area contributed by atoms with Crippen molar-refractivity contribution < 1.29 is 0 Å². The summed E-state index contributed by atoms with van der Waals surface area (Å²) >= 11 is 3.68. The van der Waals surface area contributed by atoms with Gasteiger partial charge < -0.3 is 5.32 Å². The monoisotopic (exact) mass is 351 g/mol. The van der Waals surface area contributed by atoms with Crippen molar-refractivity contribution in [2.24, 2.45) is 11.8 Å². The van der Waals surface area contributed by atoms with Gasteiger partial charge in [-0.15, -0.1) is 0 Å². The Balaban J connectivity index is 1.81. The average molecular weight is 352 g/mol. The molecule has 2 saturated carbocycles. The number of halogens is 1. The van der Waals surface area contributed by atoms with Gasteiger partial charge in [0.1, 0.15) is 11.6 Å². The van der Waals surface area contributed by atoms with E-state index in [1.807, 2.05) is 7.05 Å². The maximum atomic E-state index is 4.94. The molecule has 0 radical (unpaired) electrons. The number of aromatic nitrogens is 2. The highest BCUT2D eigenvalue weighted by atomic mass is 79.9. The first-order valence-corrected chi connectivity index (χ1v) is 9.14. The van der Waals surface area contributed by atoms with Crippen molar-refractivity contribution in [1.29, 1.82) is 0 Å². The Morgan fingerprint density at radius 1 is 1.00 bits per heavy atom. The van der Waals surface area contributed by atoms with Gasteiger partial charge in [0.05, 0.1) is 10.2 Å². The van der Waals surface area contributed by atoms with Gasteiger partial charge in [-0.3, -0.25) is 0 Å². The molecule has 2 aliphatic rings. The fraction of sp³-hybridized carbons (Fsp3) is 0.765. The fourth-order valence-electron chi connectivity index (χ4n) is 3.50. The lowest BCUT2D eigenvalue weighted by molar-refractivity contribution is 0.254. The first kappa shape index (κ1) is 15.3. The molecular formula is C17H26BrN3. The van der Waals surface area contributed by atoms with Crippen molar-refractivity contribution in [1.82, 2.24) is 9.97 Å². The maximum Gasteiger partial charge on any atom is 0.144 e. The minimum absolute atomic E-state index is 0.553. The van der Waals surface area contributed by atoms with E-state index in [2.05, 4.69) is 35.1 Å². The molecule has 3 nitrogen and oxygen atoms in total. The number of anilines is 1. The van der Waals surface area contributed by atoms with Gasteiger partial charge >= 0.3 is 0 Å². The Morgan fingerprint density at radius 3 is 2.14 bits per heavy atom. The smallest absolute Gasteiger partial charge is 0.144 e. The van der Waals surface area contributed by atoms with Crippen LogP contribution in [0.2, 0.25) is 0 Å². The zero-order valence-electron chi connectivity index (χ0n) is 13.3. The lowest BCUT2D eigenvalue weighted by atomic mass is 9.76. The van der Waals surface area contributed by atoms with Crippen molar-refractivity contribution in [2.75, 3.05) is 12.4 Å². The third-order valence-corrected chi connectivity index (χ3v) is 5.96. The SMILES string of the molecule is CNc1nc(C2CCC(C(C)C)CC2)nc(C2CC2)c1Br. The van der Waals surface area contributed by atoms with Gasteiger partial charge in [0.25, 0.3) is 0 Å². The Morgan fingerprint density at radius 2 is 1.62 bits per heavy atom. The third-order valence-electron chi connectivity index (χ3n) is 5.17. The highest BCUT2D eigenvalue weighted by molar-refractivity contribution is 9.10. The predicted octanol–water partition coefficient (Wildman–Crippen LogP) is 5.09. The molecule has 0 bridgehead atoms. The molecule has 2 fully saturated rings. The molecule has 0 aromatic carbocycles. The van der Waals surface area contributed by atoms with Crippen LogP contribution in [0.5, 0.6) is 0 Å². The summed E-state index contributed by atoms with van der Waals surface area (Å²) in [4.78, 5) is 9.72. The molecule has 21 heavy (non-hydrogen) atoms. The summed E-state index contributed by atoms with van der Waals surface area (Å²) in [5.74, 6) is 4.95. The molecule has 0 spiro atoms. The fourth-order valence-corrected chi connectivity index (χ4v) is 4.20. The van der Waals surface area contributed by atoms with E-state index in [0.717, 1.165) is 28.0 Å². The lowest BCUT2D eigenvalue weighted by Gasteiger charge is -2.30. The van der Waals surface area contributed by atoms with Gasteiger partial charge in [0.15, 0.2) is 0 Å². The van der Waals surface area contributed by atoms with Crippen LogP contribution in [-0.4, -0.2) is 17.0 Å². The topological polar surface area (TPSA) is 37.8 Å². The first-order chi connectivity index (χ1) is 10.1. The molecule has 4 heteroatoms. The van der Waals surface area contributed by atoms with Gasteiger partial charge in [-0.2, -0.15) is 0 Å². The highest BCUT2D eigenvalue weighted by Gasteiger charge is 2.32. The average Bonchev–Trinajstić information content (AvgIpc) is 3.32. The van der Waals surface area contributed by atoms with Crippen molar-refractivity contribution in [3.05, 3.63) is 16.0 Å². The van der Waals surface area contributed by atoms with Crippen LogP contribution in [0.15, 0.2) is 4.47 Å². The van der Waals surface area contributed by atoms with Gasteiger partial charge in [0, 0.05) is 18.9 Å². The summed E-state index contributed by atoms with van der Waals surface area (Å²) in [6.45, 7) is 4.71. The van der Waals surface area contributed by atoms with Crippen LogP contribution in [0.3, 0.4) is 0 Å². The summed E-state index contributed by atoms with van der Waals surface area (Å²) in [5, 5.41) is 3.23. The van der Waals surface area contributed by atoms with Crippen LogP contribution < -0.4 is 5.32 Å². The molecule has 0 unspecified atom stereocenters. The zero-order valence-corrected chi connectivity index (χ0v) is 14.9. The molecule has 0 aliphatic heterocycles. The van der Waals surface area contributed by atoms with E-state index >= 15 is 0 Å². The molecule has 0 saturated heterocycles. The molecular weight excluding hydrogens is 326 g/mol. The molecule has 116 valence electrons. The standard InChI is InChI=1S/C17H26BrN3/c1-10(2)11-4-8-13(9-5-11)16-20-15(12-6-7-12)14(18)17(19-3)21-16/h10-13H,4-9H2,1-3H3,(H,19,20,21). The Bertz CT molecular complexity index is 503.